The minimum atomic E-state index is -0.722. The lowest BCUT2D eigenvalue weighted by molar-refractivity contribution is -0.155. The van der Waals surface area contributed by atoms with E-state index in [9.17, 15) is 9.59 Å². The van der Waals surface area contributed by atoms with Crippen LogP contribution in [0.3, 0.4) is 0 Å². The number of carbonyl (C=O) groups excluding carboxylic acids is 2. The molecule has 1 unspecified atom stereocenters. The normalized spacial score (nSPS) is 21.3. The molecule has 1 N–H and O–H groups in total. The molecule has 1 aromatic carbocycles. The number of likely N-dealkylation sites (N-methyl/N-ethyl adjacent to an activating group) is 1. The van der Waals surface area contributed by atoms with Crippen molar-refractivity contribution in [1.82, 2.24) is 10.2 Å². The number of rotatable bonds is 5. The summed E-state index contributed by atoms with van der Waals surface area (Å²) < 4.78 is 0. The fourth-order valence-corrected chi connectivity index (χ4v) is 3.06. The molecule has 1 aliphatic heterocycles. The van der Waals surface area contributed by atoms with Gasteiger partial charge in [0.1, 0.15) is 11.6 Å². The largest absolute Gasteiger partial charge is 0.340 e. The zero-order chi connectivity index (χ0) is 15.5. The van der Waals surface area contributed by atoms with Crippen LogP contribution in [0.5, 0.6) is 0 Å². The monoisotopic (exact) mass is 288 g/mol. The van der Waals surface area contributed by atoms with Gasteiger partial charge < -0.3 is 10.2 Å². The standard InChI is InChI=1S/C17H24N2O2/c1-4-17(5-2)16(21)19(6-3)14(15(20)18-17)12-13-10-8-7-9-11-13/h7-11,14H,4-6,12H2,1-3H3,(H,18,20). The molecule has 1 aliphatic rings. The Kier molecular flexibility index (Phi) is 4.66. The fraction of sp³-hybridized carbons (Fsp3) is 0.529. The first-order chi connectivity index (χ1) is 10.1. The van der Waals surface area contributed by atoms with E-state index in [0.717, 1.165) is 5.56 Å². The van der Waals surface area contributed by atoms with E-state index in [1.807, 2.05) is 51.1 Å². The second kappa shape index (κ2) is 6.29. The van der Waals surface area contributed by atoms with E-state index in [1.165, 1.54) is 0 Å². The third-order valence-electron chi connectivity index (χ3n) is 4.53. The maximum atomic E-state index is 12.8. The number of nitrogens with zero attached hydrogens (tertiary/aromatic N) is 1. The molecular weight excluding hydrogens is 264 g/mol. The first-order valence-electron chi connectivity index (χ1n) is 7.75. The van der Waals surface area contributed by atoms with Gasteiger partial charge in [0.25, 0.3) is 0 Å². The third kappa shape index (κ3) is 2.80. The highest BCUT2D eigenvalue weighted by atomic mass is 16.2. The molecule has 1 atom stereocenters. The smallest absolute Gasteiger partial charge is 0.248 e. The number of piperazine rings is 1. The lowest BCUT2D eigenvalue weighted by Crippen LogP contribution is -2.70. The van der Waals surface area contributed by atoms with Crippen LogP contribution in [-0.2, 0) is 16.0 Å². The van der Waals surface area contributed by atoms with Gasteiger partial charge in [-0.3, -0.25) is 9.59 Å². The molecule has 21 heavy (non-hydrogen) atoms. The molecule has 4 heteroatoms. The highest BCUT2D eigenvalue weighted by Gasteiger charge is 2.48. The van der Waals surface area contributed by atoms with E-state index in [1.54, 1.807) is 4.90 Å². The van der Waals surface area contributed by atoms with Gasteiger partial charge in [-0.2, -0.15) is 0 Å². The molecule has 0 saturated carbocycles. The van der Waals surface area contributed by atoms with Crippen LogP contribution < -0.4 is 5.32 Å². The van der Waals surface area contributed by atoms with Crippen molar-refractivity contribution in [2.24, 2.45) is 0 Å². The van der Waals surface area contributed by atoms with Crippen LogP contribution in [0.1, 0.15) is 39.2 Å². The molecule has 1 heterocycles. The summed E-state index contributed by atoms with van der Waals surface area (Å²) in [7, 11) is 0. The molecule has 1 saturated heterocycles. The molecule has 0 spiro atoms. The van der Waals surface area contributed by atoms with Gasteiger partial charge in [-0.05, 0) is 25.3 Å². The molecule has 1 fully saturated rings. The van der Waals surface area contributed by atoms with E-state index < -0.39 is 11.6 Å². The van der Waals surface area contributed by atoms with Gasteiger partial charge >= 0.3 is 0 Å². The first-order valence-corrected chi connectivity index (χ1v) is 7.75. The van der Waals surface area contributed by atoms with E-state index in [4.69, 9.17) is 0 Å². The SMILES string of the molecule is CCN1C(=O)C(CC)(CC)NC(=O)C1Cc1ccccc1. The lowest BCUT2D eigenvalue weighted by atomic mass is 9.86. The van der Waals surface area contributed by atoms with Gasteiger partial charge in [-0.1, -0.05) is 44.2 Å². The quantitative estimate of drug-likeness (QED) is 0.902. The van der Waals surface area contributed by atoms with Gasteiger partial charge in [0, 0.05) is 13.0 Å². The molecule has 1 aromatic rings. The zero-order valence-corrected chi connectivity index (χ0v) is 13.1. The van der Waals surface area contributed by atoms with Crippen LogP contribution in [0.4, 0.5) is 0 Å². The van der Waals surface area contributed by atoms with Crippen molar-refractivity contribution in [2.75, 3.05) is 6.54 Å². The summed E-state index contributed by atoms with van der Waals surface area (Å²) in [6, 6.07) is 9.44. The summed E-state index contributed by atoms with van der Waals surface area (Å²) in [4.78, 5) is 27.1. The van der Waals surface area contributed by atoms with Crippen LogP contribution in [0, 0.1) is 0 Å². The molecule has 0 radical (unpaired) electrons. The minimum absolute atomic E-state index is 0.0380. The summed E-state index contributed by atoms with van der Waals surface area (Å²) >= 11 is 0. The molecule has 0 bridgehead atoms. The topological polar surface area (TPSA) is 49.4 Å². The maximum absolute atomic E-state index is 12.8. The molecule has 4 nitrogen and oxygen atoms in total. The summed E-state index contributed by atoms with van der Waals surface area (Å²) in [5.74, 6) is 0.0135. The molecular formula is C17H24N2O2. The van der Waals surface area contributed by atoms with Crippen LogP contribution >= 0.6 is 0 Å². The Bertz CT molecular complexity index is 509. The Morgan fingerprint density at radius 2 is 1.71 bits per heavy atom. The van der Waals surface area contributed by atoms with Crippen LogP contribution in [-0.4, -0.2) is 34.8 Å². The summed E-state index contributed by atoms with van der Waals surface area (Å²) in [5, 5.41) is 2.98. The molecule has 0 aromatic heterocycles. The highest BCUT2D eigenvalue weighted by Crippen LogP contribution is 2.26. The minimum Gasteiger partial charge on any atom is -0.340 e. The van der Waals surface area contributed by atoms with E-state index >= 15 is 0 Å². The number of hydrogen-bond acceptors (Lipinski definition) is 2. The van der Waals surface area contributed by atoms with Crippen LogP contribution in [0.25, 0.3) is 0 Å². The predicted molar refractivity (Wildman–Crippen MR) is 82.8 cm³/mol. The zero-order valence-electron chi connectivity index (χ0n) is 13.1. The van der Waals surface area contributed by atoms with Gasteiger partial charge in [-0.15, -0.1) is 0 Å². The highest BCUT2D eigenvalue weighted by molar-refractivity contribution is 5.99. The Morgan fingerprint density at radius 1 is 1.10 bits per heavy atom. The van der Waals surface area contributed by atoms with Crippen LogP contribution in [0.2, 0.25) is 0 Å². The Balaban J connectivity index is 2.27. The lowest BCUT2D eigenvalue weighted by Gasteiger charge is -2.45. The second-order valence-corrected chi connectivity index (χ2v) is 5.58. The van der Waals surface area contributed by atoms with Crippen molar-refractivity contribution in [2.45, 2.75) is 51.6 Å². The summed E-state index contributed by atoms with van der Waals surface area (Å²) in [6.45, 7) is 6.40. The van der Waals surface area contributed by atoms with Crippen molar-refractivity contribution in [3.63, 3.8) is 0 Å². The van der Waals surface area contributed by atoms with Gasteiger partial charge in [0.15, 0.2) is 0 Å². The third-order valence-corrected chi connectivity index (χ3v) is 4.53. The number of benzene rings is 1. The fourth-order valence-electron chi connectivity index (χ4n) is 3.06. The van der Waals surface area contributed by atoms with Crippen molar-refractivity contribution in [3.05, 3.63) is 35.9 Å². The molecule has 2 rings (SSSR count). The van der Waals surface area contributed by atoms with Crippen molar-refractivity contribution in [3.8, 4) is 0 Å². The average Bonchev–Trinajstić information content (AvgIpc) is 2.52. The Morgan fingerprint density at radius 3 is 2.24 bits per heavy atom. The average molecular weight is 288 g/mol. The van der Waals surface area contributed by atoms with Crippen molar-refractivity contribution < 1.29 is 9.59 Å². The van der Waals surface area contributed by atoms with E-state index in [2.05, 4.69) is 5.32 Å². The van der Waals surface area contributed by atoms with Gasteiger partial charge in [0.05, 0.1) is 0 Å². The van der Waals surface area contributed by atoms with Crippen molar-refractivity contribution in [1.29, 1.82) is 0 Å². The number of carbonyl (C=O) groups is 2. The Labute approximate surface area is 126 Å². The molecule has 0 aliphatic carbocycles. The number of hydrogen-bond donors (Lipinski definition) is 1. The van der Waals surface area contributed by atoms with Crippen molar-refractivity contribution >= 4 is 11.8 Å². The summed E-state index contributed by atoms with van der Waals surface area (Å²) in [6.07, 6.45) is 1.82. The van der Waals surface area contributed by atoms with Crippen LogP contribution in [0.15, 0.2) is 30.3 Å². The van der Waals surface area contributed by atoms with E-state index in [-0.39, 0.29) is 11.8 Å². The summed E-state index contributed by atoms with van der Waals surface area (Å²) in [5.41, 5.74) is 0.352. The molecule has 2 amide bonds. The van der Waals surface area contributed by atoms with Gasteiger partial charge in [0.2, 0.25) is 11.8 Å². The molecule has 114 valence electrons. The predicted octanol–water partition coefficient (Wildman–Crippen LogP) is 2.13. The number of amides is 2. The van der Waals surface area contributed by atoms with Gasteiger partial charge in [-0.25, -0.2) is 0 Å². The number of nitrogens with one attached hydrogen (secondary N) is 1. The first kappa shape index (κ1) is 15.5. The van der Waals surface area contributed by atoms with E-state index in [0.29, 0.717) is 25.8 Å². The Hall–Kier alpha value is -1.84. The second-order valence-electron chi connectivity index (χ2n) is 5.58. The maximum Gasteiger partial charge on any atom is 0.248 e.